The number of carbonyl (C=O) groups is 1. The Bertz CT molecular complexity index is 727. The average molecular weight is 334 g/mol. The highest BCUT2D eigenvalue weighted by atomic mass is 32.1. The lowest BCUT2D eigenvalue weighted by Gasteiger charge is -2.23. The maximum atomic E-state index is 12.6. The molecule has 2 aromatic rings. The van der Waals surface area contributed by atoms with Crippen LogP contribution < -0.4 is 5.32 Å². The van der Waals surface area contributed by atoms with E-state index < -0.39 is 0 Å². The number of aryl methyl sites for hydroxylation is 2. The number of carbonyl (C=O) groups excluding carboxylic acids is 1. The highest BCUT2D eigenvalue weighted by Gasteiger charge is 2.26. The van der Waals surface area contributed by atoms with Gasteiger partial charge in [-0.2, -0.15) is 5.10 Å². The molecule has 126 valence electrons. The number of nitrogens with one attached hydrogen (secondary N) is 1. The van der Waals surface area contributed by atoms with Crippen molar-refractivity contribution in [2.45, 2.75) is 66.3 Å². The third-order valence-corrected chi connectivity index (χ3v) is 4.61. The largest absolute Gasteiger partial charge is 0.307 e. The summed E-state index contributed by atoms with van der Waals surface area (Å²) in [4.78, 5) is 14.8. The molecule has 0 atom stereocenters. The van der Waals surface area contributed by atoms with Gasteiger partial charge in [0.1, 0.15) is 5.82 Å². The second kappa shape index (κ2) is 5.78. The molecule has 0 aliphatic carbocycles. The third-order valence-electron chi connectivity index (χ3n) is 3.64. The number of nitrogens with zero attached hydrogens (tertiary/aromatic N) is 2. The van der Waals surface area contributed by atoms with Gasteiger partial charge in [-0.05, 0) is 40.7 Å². The third kappa shape index (κ3) is 3.83. The molecule has 1 amide bonds. The molecule has 5 heteroatoms. The predicted octanol–water partition coefficient (Wildman–Crippen LogP) is 4.87. The predicted molar refractivity (Wildman–Crippen MR) is 97.7 cm³/mol. The monoisotopic (exact) mass is 333 g/mol. The second-order valence-corrected chi connectivity index (χ2v) is 9.49. The summed E-state index contributed by atoms with van der Waals surface area (Å²) in [5, 5.41) is 7.78. The lowest BCUT2D eigenvalue weighted by Crippen LogP contribution is -2.27. The van der Waals surface area contributed by atoms with Crippen LogP contribution in [0, 0.1) is 13.8 Å². The Morgan fingerprint density at radius 1 is 1.13 bits per heavy atom. The molecule has 0 aromatic carbocycles. The zero-order valence-electron chi connectivity index (χ0n) is 15.4. The molecule has 0 saturated heterocycles. The van der Waals surface area contributed by atoms with Gasteiger partial charge in [0.15, 0.2) is 0 Å². The molecule has 0 bridgehead atoms. The first-order valence-electron chi connectivity index (χ1n) is 7.89. The Morgan fingerprint density at radius 3 is 2.17 bits per heavy atom. The maximum absolute atomic E-state index is 12.6. The maximum Gasteiger partial charge on any atom is 0.257 e. The minimum atomic E-state index is -0.203. The Kier molecular flexibility index (Phi) is 4.46. The SMILES string of the molecule is Cc1cc(C(=O)Nc2cc(C(C)(C)C)nn2C(C)(C)C)c(C)s1. The highest BCUT2D eigenvalue weighted by molar-refractivity contribution is 7.12. The summed E-state index contributed by atoms with van der Waals surface area (Å²) in [5.74, 6) is 0.674. The van der Waals surface area contributed by atoms with Gasteiger partial charge < -0.3 is 5.32 Å². The Morgan fingerprint density at radius 2 is 1.74 bits per heavy atom. The lowest BCUT2D eigenvalue weighted by molar-refractivity contribution is 0.102. The molecule has 23 heavy (non-hydrogen) atoms. The zero-order valence-corrected chi connectivity index (χ0v) is 16.2. The second-order valence-electron chi connectivity index (χ2n) is 8.03. The molecular weight excluding hydrogens is 306 g/mol. The van der Waals surface area contributed by atoms with E-state index in [2.05, 4.69) is 46.9 Å². The van der Waals surface area contributed by atoms with Crippen LogP contribution in [-0.2, 0) is 11.0 Å². The van der Waals surface area contributed by atoms with E-state index in [1.165, 1.54) is 0 Å². The first kappa shape index (κ1) is 17.7. The van der Waals surface area contributed by atoms with E-state index >= 15 is 0 Å². The summed E-state index contributed by atoms with van der Waals surface area (Å²) in [6.07, 6.45) is 0. The van der Waals surface area contributed by atoms with E-state index in [-0.39, 0.29) is 16.9 Å². The van der Waals surface area contributed by atoms with Crippen molar-refractivity contribution in [3.63, 3.8) is 0 Å². The molecule has 0 aliphatic rings. The van der Waals surface area contributed by atoms with Gasteiger partial charge in [0.05, 0.1) is 16.8 Å². The van der Waals surface area contributed by atoms with Gasteiger partial charge >= 0.3 is 0 Å². The van der Waals surface area contributed by atoms with Crippen LogP contribution in [0.5, 0.6) is 0 Å². The summed E-state index contributed by atoms with van der Waals surface area (Å²) < 4.78 is 1.90. The quantitative estimate of drug-likeness (QED) is 0.852. The van der Waals surface area contributed by atoms with E-state index in [0.717, 1.165) is 26.8 Å². The summed E-state index contributed by atoms with van der Waals surface area (Å²) in [5.41, 5.74) is 1.45. The van der Waals surface area contributed by atoms with Gasteiger partial charge in [-0.15, -0.1) is 11.3 Å². The number of hydrogen-bond donors (Lipinski definition) is 1. The zero-order chi connectivity index (χ0) is 17.6. The van der Waals surface area contributed by atoms with Crippen LogP contribution in [0.2, 0.25) is 0 Å². The molecule has 0 spiro atoms. The van der Waals surface area contributed by atoms with Crippen molar-refractivity contribution in [3.05, 3.63) is 33.1 Å². The van der Waals surface area contributed by atoms with E-state index in [1.54, 1.807) is 11.3 Å². The molecule has 2 rings (SSSR count). The molecule has 0 aliphatic heterocycles. The smallest absolute Gasteiger partial charge is 0.257 e. The molecule has 0 unspecified atom stereocenters. The summed E-state index contributed by atoms with van der Waals surface area (Å²) in [6, 6.07) is 3.93. The van der Waals surface area contributed by atoms with Gasteiger partial charge in [0.2, 0.25) is 0 Å². The van der Waals surface area contributed by atoms with E-state index in [0.29, 0.717) is 0 Å². The summed E-state index contributed by atoms with van der Waals surface area (Å²) in [7, 11) is 0. The fourth-order valence-corrected chi connectivity index (χ4v) is 3.31. The van der Waals surface area contributed by atoms with Crippen LogP contribution >= 0.6 is 11.3 Å². The highest BCUT2D eigenvalue weighted by Crippen LogP contribution is 2.29. The molecule has 0 fully saturated rings. The Balaban J connectivity index is 2.40. The van der Waals surface area contributed by atoms with Gasteiger partial charge in [0.25, 0.3) is 5.91 Å². The van der Waals surface area contributed by atoms with Crippen LogP contribution in [-0.4, -0.2) is 15.7 Å². The summed E-state index contributed by atoms with van der Waals surface area (Å²) >= 11 is 1.64. The first-order chi connectivity index (χ1) is 10.4. The minimum absolute atomic E-state index is 0.0646. The summed E-state index contributed by atoms with van der Waals surface area (Å²) in [6.45, 7) is 16.6. The van der Waals surface area contributed by atoms with Crippen molar-refractivity contribution in [3.8, 4) is 0 Å². The number of anilines is 1. The van der Waals surface area contributed by atoms with Gasteiger partial charge in [-0.25, -0.2) is 4.68 Å². The fraction of sp³-hybridized carbons (Fsp3) is 0.556. The lowest BCUT2D eigenvalue weighted by atomic mass is 9.92. The normalized spacial score (nSPS) is 12.5. The van der Waals surface area contributed by atoms with Crippen molar-refractivity contribution in [2.24, 2.45) is 0 Å². The molecule has 2 aromatic heterocycles. The molecule has 2 heterocycles. The standard InChI is InChI=1S/C18H27N3OS/c1-11-9-13(12(2)23-11)16(22)19-15-10-14(17(3,4)5)20-21(15)18(6,7)8/h9-10H,1-8H3,(H,19,22). The van der Waals surface area contributed by atoms with Crippen molar-refractivity contribution in [2.75, 3.05) is 5.32 Å². The van der Waals surface area contributed by atoms with Gasteiger partial charge in [-0.3, -0.25) is 4.79 Å². The van der Waals surface area contributed by atoms with Crippen LogP contribution in [0.4, 0.5) is 5.82 Å². The number of thiophene rings is 1. The van der Waals surface area contributed by atoms with Crippen LogP contribution in [0.15, 0.2) is 12.1 Å². The van der Waals surface area contributed by atoms with Crippen molar-refractivity contribution in [1.82, 2.24) is 9.78 Å². The van der Waals surface area contributed by atoms with Crippen LogP contribution in [0.25, 0.3) is 0 Å². The Hall–Kier alpha value is -1.62. The molecular formula is C18H27N3OS. The molecule has 0 radical (unpaired) electrons. The number of rotatable bonds is 2. The van der Waals surface area contributed by atoms with Crippen molar-refractivity contribution < 1.29 is 4.79 Å². The number of amides is 1. The van der Waals surface area contributed by atoms with Crippen molar-refractivity contribution in [1.29, 1.82) is 0 Å². The van der Waals surface area contributed by atoms with Crippen LogP contribution in [0.1, 0.15) is 67.3 Å². The molecule has 1 N–H and O–H groups in total. The first-order valence-corrected chi connectivity index (χ1v) is 8.70. The van der Waals surface area contributed by atoms with Crippen molar-refractivity contribution >= 4 is 23.1 Å². The number of hydrogen-bond acceptors (Lipinski definition) is 3. The van der Waals surface area contributed by atoms with Crippen LogP contribution in [0.3, 0.4) is 0 Å². The van der Waals surface area contributed by atoms with E-state index in [9.17, 15) is 4.79 Å². The van der Waals surface area contributed by atoms with Gasteiger partial charge in [0, 0.05) is 21.2 Å². The van der Waals surface area contributed by atoms with Gasteiger partial charge in [-0.1, -0.05) is 20.8 Å². The Labute approximate surface area is 142 Å². The minimum Gasteiger partial charge on any atom is -0.307 e. The molecule has 0 saturated carbocycles. The number of aromatic nitrogens is 2. The average Bonchev–Trinajstić information content (AvgIpc) is 2.91. The fourth-order valence-electron chi connectivity index (χ4n) is 2.39. The van der Waals surface area contributed by atoms with E-state index in [4.69, 9.17) is 5.10 Å². The topological polar surface area (TPSA) is 46.9 Å². The van der Waals surface area contributed by atoms with E-state index in [1.807, 2.05) is 30.7 Å². The molecule has 4 nitrogen and oxygen atoms in total.